The summed E-state index contributed by atoms with van der Waals surface area (Å²) in [7, 11) is 0. The second-order valence-electron chi connectivity index (χ2n) is 7.37. The van der Waals surface area contributed by atoms with E-state index in [0.717, 1.165) is 12.8 Å². The van der Waals surface area contributed by atoms with Crippen molar-refractivity contribution in [3.63, 3.8) is 0 Å². The molecule has 0 radical (unpaired) electrons. The van der Waals surface area contributed by atoms with Gasteiger partial charge in [0.1, 0.15) is 0 Å². The Kier molecular flexibility index (Phi) is 10.2. The molecule has 0 amide bonds. The maximum absolute atomic E-state index is 4.40. The van der Waals surface area contributed by atoms with Gasteiger partial charge in [-0.1, -0.05) is 86.1 Å². The highest BCUT2D eigenvalue weighted by Gasteiger charge is 2.15. The van der Waals surface area contributed by atoms with E-state index in [4.69, 9.17) is 0 Å². The molecule has 0 bridgehead atoms. The van der Waals surface area contributed by atoms with Crippen LogP contribution in [0.15, 0.2) is 71.4 Å². The third kappa shape index (κ3) is 7.90. The van der Waals surface area contributed by atoms with Crippen LogP contribution in [0.2, 0.25) is 0 Å². The molecule has 0 heteroatoms. The minimum absolute atomic E-state index is 0.588. The maximum Gasteiger partial charge on any atom is -0.0190 e. The average Bonchev–Trinajstić information content (AvgIpc) is 2.62. The largest absolute Gasteiger partial charge is 0.0996 e. The van der Waals surface area contributed by atoms with E-state index < -0.39 is 0 Å². The molecule has 0 fully saturated rings. The quantitative estimate of drug-likeness (QED) is 0.278. The zero-order valence-corrected chi connectivity index (χ0v) is 17.1. The molecule has 0 spiro atoms. The van der Waals surface area contributed by atoms with E-state index in [1.165, 1.54) is 48.0 Å². The summed E-state index contributed by atoms with van der Waals surface area (Å²) in [6, 6.07) is 0. The molecule has 25 heavy (non-hydrogen) atoms. The van der Waals surface area contributed by atoms with Crippen molar-refractivity contribution in [3.8, 4) is 0 Å². The van der Waals surface area contributed by atoms with E-state index in [-0.39, 0.29) is 0 Å². The molecule has 1 aliphatic rings. The van der Waals surface area contributed by atoms with Crippen molar-refractivity contribution in [1.29, 1.82) is 0 Å². The molecule has 2 atom stereocenters. The number of hydrogen-bond acceptors (Lipinski definition) is 0. The number of hydrogen-bond donors (Lipinski definition) is 0. The van der Waals surface area contributed by atoms with E-state index in [2.05, 4.69) is 83.7 Å². The topological polar surface area (TPSA) is 0 Å². The van der Waals surface area contributed by atoms with Crippen molar-refractivity contribution >= 4 is 0 Å². The summed E-state index contributed by atoms with van der Waals surface area (Å²) in [4.78, 5) is 0. The maximum atomic E-state index is 4.40. The van der Waals surface area contributed by atoms with E-state index in [1.807, 2.05) is 0 Å². The fraction of sp³-hybridized carbons (Fsp3) is 0.520. The van der Waals surface area contributed by atoms with Crippen LogP contribution in [-0.4, -0.2) is 0 Å². The second kappa shape index (κ2) is 11.9. The van der Waals surface area contributed by atoms with Crippen molar-refractivity contribution in [3.05, 3.63) is 71.4 Å². The molecule has 1 rings (SSSR count). The summed E-state index contributed by atoms with van der Waals surface area (Å²) < 4.78 is 0. The van der Waals surface area contributed by atoms with Crippen LogP contribution in [0.5, 0.6) is 0 Å². The van der Waals surface area contributed by atoms with Gasteiger partial charge in [0.15, 0.2) is 0 Å². The Morgan fingerprint density at radius 1 is 1.32 bits per heavy atom. The van der Waals surface area contributed by atoms with Crippen molar-refractivity contribution in [2.45, 2.75) is 73.1 Å². The molecule has 0 nitrogen and oxygen atoms in total. The summed E-state index contributed by atoms with van der Waals surface area (Å²) in [6.07, 6.45) is 23.0. The van der Waals surface area contributed by atoms with Crippen LogP contribution in [-0.2, 0) is 0 Å². The smallest absolute Gasteiger partial charge is 0.0190 e. The Bertz CT molecular complexity index is 563. The highest BCUT2D eigenvalue weighted by molar-refractivity contribution is 5.32. The third-order valence-corrected chi connectivity index (χ3v) is 5.30. The lowest BCUT2D eigenvalue weighted by Gasteiger charge is -2.22. The van der Waals surface area contributed by atoms with Crippen LogP contribution in [0.4, 0.5) is 0 Å². The van der Waals surface area contributed by atoms with Crippen molar-refractivity contribution in [2.24, 2.45) is 11.8 Å². The van der Waals surface area contributed by atoms with Crippen molar-refractivity contribution in [1.82, 2.24) is 0 Å². The Morgan fingerprint density at radius 2 is 2.08 bits per heavy atom. The zero-order chi connectivity index (χ0) is 18.7. The standard InChI is InChI=1S/C25H38/c1-7-10-12-25(20(4)9-3)18-13-21(5)22(6)19-24-16-14-23(11-8-2)15-17-24/h7,9-10,12,14-16,22,24H,5,8,11,13,17-19H2,1-4,6H3. The van der Waals surface area contributed by atoms with Gasteiger partial charge in [-0.05, 0) is 70.3 Å². The molecule has 0 N–H and O–H groups in total. The zero-order valence-electron chi connectivity index (χ0n) is 17.1. The summed E-state index contributed by atoms with van der Waals surface area (Å²) >= 11 is 0. The molecule has 1 aliphatic carbocycles. The van der Waals surface area contributed by atoms with Gasteiger partial charge in [-0.15, -0.1) is 0 Å². The molecule has 0 heterocycles. The van der Waals surface area contributed by atoms with Gasteiger partial charge in [-0.2, -0.15) is 0 Å². The van der Waals surface area contributed by atoms with Gasteiger partial charge in [0, 0.05) is 0 Å². The Hall–Kier alpha value is -1.56. The van der Waals surface area contributed by atoms with Gasteiger partial charge in [0.2, 0.25) is 0 Å². The second-order valence-corrected chi connectivity index (χ2v) is 7.37. The fourth-order valence-corrected chi connectivity index (χ4v) is 3.33. The predicted molar refractivity (Wildman–Crippen MR) is 115 cm³/mol. The normalized spacial score (nSPS) is 20.0. The summed E-state index contributed by atoms with van der Waals surface area (Å²) in [5.74, 6) is 1.27. The summed E-state index contributed by atoms with van der Waals surface area (Å²) in [6.45, 7) is 15.4. The highest BCUT2D eigenvalue weighted by Crippen LogP contribution is 2.30. The predicted octanol–water partition coefficient (Wildman–Crippen LogP) is 8.12. The first-order chi connectivity index (χ1) is 12.0. The van der Waals surface area contributed by atoms with Gasteiger partial charge in [-0.3, -0.25) is 0 Å². The van der Waals surface area contributed by atoms with Crippen LogP contribution < -0.4 is 0 Å². The molecule has 0 saturated heterocycles. The minimum Gasteiger partial charge on any atom is -0.0996 e. The Labute approximate surface area is 156 Å². The van der Waals surface area contributed by atoms with Gasteiger partial charge in [0.05, 0.1) is 0 Å². The van der Waals surface area contributed by atoms with E-state index in [0.29, 0.717) is 11.8 Å². The van der Waals surface area contributed by atoms with Gasteiger partial charge >= 0.3 is 0 Å². The summed E-state index contributed by atoms with van der Waals surface area (Å²) in [5, 5.41) is 0. The average molecular weight is 339 g/mol. The molecule has 0 aromatic carbocycles. The lowest BCUT2D eigenvalue weighted by atomic mass is 9.83. The molecule has 0 aromatic heterocycles. The molecule has 0 aromatic rings. The third-order valence-electron chi connectivity index (χ3n) is 5.30. The highest BCUT2D eigenvalue weighted by atomic mass is 14.2. The monoisotopic (exact) mass is 338 g/mol. The first-order valence-corrected chi connectivity index (χ1v) is 10.0. The van der Waals surface area contributed by atoms with Gasteiger partial charge < -0.3 is 0 Å². The molecular formula is C25H38. The molecule has 0 aliphatic heterocycles. The fourth-order valence-electron chi connectivity index (χ4n) is 3.33. The Balaban J connectivity index is 2.50. The molecule has 2 unspecified atom stereocenters. The van der Waals surface area contributed by atoms with E-state index in [9.17, 15) is 0 Å². The lowest BCUT2D eigenvalue weighted by Crippen LogP contribution is -2.08. The summed E-state index contributed by atoms with van der Waals surface area (Å²) in [5.41, 5.74) is 5.72. The van der Waals surface area contributed by atoms with Crippen molar-refractivity contribution < 1.29 is 0 Å². The first-order valence-electron chi connectivity index (χ1n) is 10.0. The van der Waals surface area contributed by atoms with Crippen LogP contribution in [0.25, 0.3) is 0 Å². The van der Waals surface area contributed by atoms with E-state index in [1.54, 1.807) is 0 Å². The van der Waals surface area contributed by atoms with Crippen LogP contribution in [0.1, 0.15) is 73.1 Å². The van der Waals surface area contributed by atoms with Gasteiger partial charge in [0.25, 0.3) is 0 Å². The van der Waals surface area contributed by atoms with Crippen LogP contribution in [0.3, 0.4) is 0 Å². The molecular weight excluding hydrogens is 300 g/mol. The molecule has 138 valence electrons. The minimum atomic E-state index is 0.588. The number of rotatable bonds is 10. The van der Waals surface area contributed by atoms with Crippen molar-refractivity contribution in [2.75, 3.05) is 0 Å². The van der Waals surface area contributed by atoms with E-state index >= 15 is 0 Å². The SMILES string of the molecule is C=C(CCC(=CC=CC)C(C)=CC)C(C)CC1C=CC(CCC)=CC1. The van der Waals surface area contributed by atoms with Gasteiger partial charge in [-0.25, -0.2) is 0 Å². The van der Waals surface area contributed by atoms with Crippen LogP contribution >= 0.6 is 0 Å². The van der Waals surface area contributed by atoms with Crippen LogP contribution in [0, 0.1) is 11.8 Å². The molecule has 0 saturated carbocycles. The first kappa shape index (κ1) is 21.5. The number of allylic oxidation sites excluding steroid dienone is 11. The Morgan fingerprint density at radius 3 is 2.64 bits per heavy atom. The lowest BCUT2D eigenvalue weighted by molar-refractivity contribution is 0.482.